The normalized spacial score (nSPS) is 11.7. The molecule has 0 radical (unpaired) electrons. The molecule has 0 saturated heterocycles. The van der Waals surface area contributed by atoms with Crippen molar-refractivity contribution < 1.29 is 9.21 Å². The fourth-order valence-corrected chi connectivity index (χ4v) is 3.65. The Balaban J connectivity index is 1.92. The summed E-state index contributed by atoms with van der Waals surface area (Å²) in [6, 6.07) is 7.33. The van der Waals surface area contributed by atoms with E-state index in [1.54, 1.807) is 29.9 Å². The molecule has 1 aromatic carbocycles. The molecule has 4 rings (SSSR count). The van der Waals surface area contributed by atoms with Gasteiger partial charge >= 0.3 is 0 Å². The molecule has 0 aliphatic rings. The molecular formula is C21H19N3O3S. The first-order valence-corrected chi connectivity index (χ1v) is 9.67. The van der Waals surface area contributed by atoms with Crippen molar-refractivity contribution in [2.45, 2.75) is 26.2 Å². The predicted molar refractivity (Wildman–Crippen MR) is 111 cm³/mol. The van der Waals surface area contributed by atoms with E-state index < -0.39 is 0 Å². The number of nitrogens with zero attached hydrogens (tertiary/aromatic N) is 1. The number of anilines is 1. The fraction of sp³-hybridized carbons (Fsp3) is 0.190. The molecule has 1 amide bonds. The zero-order chi connectivity index (χ0) is 19.9. The number of benzene rings is 1. The first-order valence-electron chi connectivity index (χ1n) is 8.79. The molecule has 142 valence electrons. The number of amides is 1. The van der Waals surface area contributed by atoms with Crippen LogP contribution < -0.4 is 10.9 Å². The minimum Gasteiger partial charge on any atom is -0.463 e. The van der Waals surface area contributed by atoms with Gasteiger partial charge in [-0.15, -0.1) is 11.3 Å². The van der Waals surface area contributed by atoms with Gasteiger partial charge in [-0.2, -0.15) is 0 Å². The number of furan rings is 1. The number of aromatic amines is 1. The van der Waals surface area contributed by atoms with Crippen molar-refractivity contribution in [3.05, 3.63) is 69.8 Å². The van der Waals surface area contributed by atoms with Crippen LogP contribution in [0.15, 0.2) is 57.5 Å². The van der Waals surface area contributed by atoms with Gasteiger partial charge in [0, 0.05) is 34.3 Å². The van der Waals surface area contributed by atoms with Crippen LogP contribution in [0.3, 0.4) is 0 Å². The molecule has 0 aliphatic heterocycles. The Kier molecular flexibility index (Phi) is 4.39. The minimum absolute atomic E-state index is 0.181. The van der Waals surface area contributed by atoms with Gasteiger partial charge in [0.2, 0.25) is 0 Å². The summed E-state index contributed by atoms with van der Waals surface area (Å²) in [5.74, 6) is -0.298. The Morgan fingerprint density at radius 3 is 2.79 bits per heavy atom. The molecular weight excluding hydrogens is 374 g/mol. The smallest absolute Gasteiger partial charge is 0.261 e. The molecule has 0 aliphatic carbocycles. The molecule has 7 heteroatoms. The van der Waals surface area contributed by atoms with Gasteiger partial charge < -0.3 is 9.40 Å². The van der Waals surface area contributed by atoms with Crippen molar-refractivity contribution in [2.24, 2.45) is 0 Å². The third kappa shape index (κ3) is 3.25. The number of aromatic nitrogens is 2. The summed E-state index contributed by atoms with van der Waals surface area (Å²) in [7, 11) is 0. The second kappa shape index (κ2) is 6.76. The van der Waals surface area contributed by atoms with Gasteiger partial charge in [0.1, 0.15) is 11.8 Å². The van der Waals surface area contributed by atoms with E-state index in [-0.39, 0.29) is 16.9 Å². The zero-order valence-corrected chi connectivity index (χ0v) is 16.5. The number of pyridine rings is 1. The maximum Gasteiger partial charge on any atom is 0.261 e. The first kappa shape index (κ1) is 18.2. The van der Waals surface area contributed by atoms with Crippen LogP contribution >= 0.6 is 11.3 Å². The fourth-order valence-electron chi connectivity index (χ4n) is 3.12. The standard InChI is InChI=1S/C21H19N3O3S/c1-21(2,3)16-10-12(13-5-4-6-22-18(13)25)9-14-15(11-27-17(14)16)19(26)24-20-23-7-8-28-20/h4-11H,1-3H3,(H,22,25)(H,23,24,26). The van der Waals surface area contributed by atoms with Crippen LogP contribution in [0.5, 0.6) is 0 Å². The molecule has 6 nitrogen and oxygen atoms in total. The maximum atomic E-state index is 12.8. The minimum atomic E-state index is -0.298. The molecule has 3 aromatic heterocycles. The number of hydrogen-bond donors (Lipinski definition) is 2. The summed E-state index contributed by atoms with van der Waals surface area (Å²) in [5, 5.41) is 5.76. The number of hydrogen-bond acceptors (Lipinski definition) is 5. The van der Waals surface area contributed by atoms with Crippen molar-refractivity contribution in [1.29, 1.82) is 0 Å². The molecule has 28 heavy (non-hydrogen) atoms. The van der Waals surface area contributed by atoms with Gasteiger partial charge in [-0.1, -0.05) is 20.8 Å². The lowest BCUT2D eigenvalue weighted by Crippen LogP contribution is -2.14. The zero-order valence-electron chi connectivity index (χ0n) is 15.7. The molecule has 3 heterocycles. The number of rotatable bonds is 3. The second-order valence-corrected chi connectivity index (χ2v) is 8.40. The van der Waals surface area contributed by atoms with Crippen LogP contribution in [0.2, 0.25) is 0 Å². The van der Waals surface area contributed by atoms with Crippen molar-refractivity contribution in [1.82, 2.24) is 9.97 Å². The molecule has 0 unspecified atom stereocenters. The van der Waals surface area contributed by atoms with Gasteiger partial charge in [0.25, 0.3) is 11.5 Å². The first-order chi connectivity index (χ1) is 13.3. The van der Waals surface area contributed by atoms with E-state index in [0.717, 1.165) is 11.1 Å². The molecule has 0 fully saturated rings. The Morgan fingerprint density at radius 1 is 1.29 bits per heavy atom. The molecule has 0 atom stereocenters. The maximum absolute atomic E-state index is 12.8. The average molecular weight is 393 g/mol. The topological polar surface area (TPSA) is 88.0 Å². The third-order valence-corrected chi connectivity index (χ3v) is 5.20. The molecule has 0 saturated carbocycles. The number of fused-ring (bicyclic) bond motifs is 1. The molecule has 4 aromatic rings. The average Bonchev–Trinajstić information content (AvgIpc) is 3.29. The molecule has 0 bridgehead atoms. The highest BCUT2D eigenvalue weighted by Crippen LogP contribution is 2.36. The van der Waals surface area contributed by atoms with Crippen LogP contribution in [-0.4, -0.2) is 15.9 Å². The Labute approximate surface area is 165 Å². The Hall–Kier alpha value is -3.19. The summed E-state index contributed by atoms with van der Waals surface area (Å²) < 4.78 is 5.80. The quantitative estimate of drug-likeness (QED) is 0.524. The highest BCUT2D eigenvalue weighted by atomic mass is 32.1. The second-order valence-electron chi connectivity index (χ2n) is 7.50. The number of thiazole rings is 1. The SMILES string of the molecule is CC(C)(C)c1cc(-c2ccc[nH]c2=O)cc2c(C(=O)Nc3nccs3)coc12. The molecule has 2 N–H and O–H groups in total. The lowest BCUT2D eigenvalue weighted by Gasteiger charge is -2.20. The van der Waals surface area contributed by atoms with Gasteiger partial charge in [-0.25, -0.2) is 4.98 Å². The van der Waals surface area contributed by atoms with Crippen molar-refractivity contribution in [2.75, 3.05) is 5.32 Å². The number of carbonyl (C=O) groups excluding carboxylic acids is 1. The van der Waals surface area contributed by atoms with Crippen molar-refractivity contribution in [3.63, 3.8) is 0 Å². The van der Waals surface area contributed by atoms with Crippen LogP contribution in [0.25, 0.3) is 22.1 Å². The van der Waals surface area contributed by atoms with E-state index in [1.807, 2.05) is 12.1 Å². The lowest BCUT2D eigenvalue weighted by atomic mass is 9.84. The van der Waals surface area contributed by atoms with Gasteiger partial charge in [0.05, 0.1) is 5.56 Å². The number of nitrogens with one attached hydrogen (secondary N) is 2. The summed E-state index contributed by atoms with van der Waals surface area (Å²) in [6.45, 7) is 6.20. The van der Waals surface area contributed by atoms with E-state index >= 15 is 0 Å². The lowest BCUT2D eigenvalue weighted by molar-refractivity contribution is 0.102. The van der Waals surface area contributed by atoms with E-state index in [1.165, 1.54) is 17.6 Å². The van der Waals surface area contributed by atoms with E-state index in [0.29, 0.717) is 27.2 Å². The number of carbonyl (C=O) groups is 1. The number of H-pyrrole nitrogens is 1. The van der Waals surface area contributed by atoms with Crippen LogP contribution in [0.4, 0.5) is 5.13 Å². The highest BCUT2D eigenvalue weighted by Gasteiger charge is 2.24. The van der Waals surface area contributed by atoms with E-state index in [9.17, 15) is 9.59 Å². The van der Waals surface area contributed by atoms with Crippen molar-refractivity contribution in [3.8, 4) is 11.1 Å². The van der Waals surface area contributed by atoms with Crippen LogP contribution in [0, 0.1) is 0 Å². The third-order valence-electron chi connectivity index (χ3n) is 4.51. The summed E-state index contributed by atoms with van der Waals surface area (Å²) in [5.41, 5.74) is 2.84. The predicted octanol–water partition coefficient (Wildman–Crippen LogP) is 4.79. The van der Waals surface area contributed by atoms with Gasteiger partial charge in [-0.05, 0) is 35.2 Å². The summed E-state index contributed by atoms with van der Waals surface area (Å²) in [4.78, 5) is 31.9. The monoisotopic (exact) mass is 393 g/mol. The van der Waals surface area contributed by atoms with Crippen molar-refractivity contribution >= 4 is 33.3 Å². The van der Waals surface area contributed by atoms with E-state index in [2.05, 4.69) is 36.1 Å². The van der Waals surface area contributed by atoms with Crippen LogP contribution in [-0.2, 0) is 5.41 Å². The largest absolute Gasteiger partial charge is 0.463 e. The van der Waals surface area contributed by atoms with E-state index in [4.69, 9.17) is 4.42 Å². The Morgan fingerprint density at radius 2 is 2.11 bits per heavy atom. The summed E-state index contributed by atoms with van der Waals surface area (Å²) >= 11 is 1.34. The Bertz CT molecular complexity index is 1210. The van der Waals surface area contributed by atoms with Crippen LogP contribution in [0.1, 0.15) is 36.7 Å². The van der Waals surface area contributed by atoms with Gasteiger partial charge in [0.15, 0.2) is 5.13 Å². The summed E-state index contributed by atoms with van der Waals surface area (Å²) in [6.07, 6.45) is 4.69. The highest BCUT2D eigenvalue weighted by molar-refractivity contribution is 7.13. The van der Waals surface area contributed by atoms with Gasteiger partial charge in [-0.3, -0.25) is 14.9 Å². The molecule has 0 spiro atoms.